The molecule has 0 atom stereocenters. The van der Waals surface area contributed by atoms with Gasteiger partial charge in [0, 0.05) is 32.6 Å². The number of nitrogens with zero attached hydrogens (tertiary/aromatic N) is 5. The number of benzene rings is 1. The van der Waals surface area contributed by atoms with E-state index in [-0.39, 0.29) is 45.8 Å². The van der Waals surface area contributed by atoms with Crippen LogP contribution in [0.1, 0.15) is 38.7 Å². The van der Waals surface area contributed by atoms with E-state index in [4.69, 9.17) is 24.0 Å². The molecule has 1 aliphatic rings. The quantitative estimate of drug-likeness (QED) is 0.181. The van der Waals surface area contributed by atoms with Gasteiger partial charge in [-0.2, -0.15) is 4.31 Å². The number of hydrogen-bond donors (Lipinski definition) is 3. The number of imidazole rings is 1. The molecule has 0 aliphatic carbocycles. The van der Waals surface area contributed by atoms with Gasteiger partial charge in [0.15, 0.2) is 11.3 Å². The minimum atomic E-state index is -4.89. The fourth-order valence-corrected chi connectivity index (χ4v) is 5.76. The van der Waals surface area contributed by atoms with Crippen LogP contribution < -0.4 is 44.7 Å². The summed E-state index contributed by atoms with van der Waals surface area (Å²) in [5.41, 5.74) is 1.09. The number of fused-ring (bicyclic) bond motifs is 1. The predicted molar refractivity (Wildman–Crippen MR) is 142 cm³/mol. The summed E-state index contributed by atoms with van der Waals surface area (Å²) in [6.07, 6.45) is 1.52. The number of sulfonamides is 1. The van der Waals surface area contributed by atoms with E-state index in [1.165, 1.54) is 4.31 Å². The normalized spacial score (nSPS) is 14.9. The maximum atomic E-state index is 13.4. The molecule has 0 spiro atoms. The zero-order valence-electron chi connectivity index (χ0n) is 23.3. The van der Waals surface area contributed by atoms with E-state index in [1.807, 2.05) is 13.8 Å². The minimum Gasteiger partial charge on any atom is -0.756 e. The van der Waals surface area contributed by atoms with Crippen molar-refractivity contribution in [1.82, 2.24) is 28.8 Å². The Bertz CT molecular complexity index is 1510. The Morgan fingerprint density at radius 2 is 1.77 bits per heavy atom. The Kier molecular flexibility index (Phi) is 12.5. The van der Waals surface area contributed by atoms with E-state index in [1.54, 1.807) is 29.6 Å². The van der Waals surface area contributed by atoms with Crippen molar-refractivity contribution in [3.63, 3.8) is 0 Å². The van der Waals surface area contributed by atoms with E-state index in [9.17, 15) is 13.2 Å². The molecule has 1 aromatic carbocycles. The molecule has 3 heterocycles. The first-order chi connectivity index (χ1) is 18.3. The summed E-state index contributed by atoms with van der Waals surface area (Å²) in [5, 5.41) is 4.65. The number of likely N-dealkylation sites (N-methyl/N-ethyl adjacent to an activating group) is 1. The van der Waals surface area contributed by atoms with E-state index in [0.717, 1.165) is 13.0 Å². The average Bonchev–Trinajstić information content (AvgIpc) is 3.19. The second-order valence-corrected chi connectivity index (χ2v) is 11.8. The van der Waals surface area contributed by atoms with Crippen molar-refractivity contribution in [3.05, 3.63) is 40.1 Å². The van der Waals surface area contributed by atoms with Crippen LogP contribution in [0.5, 0.6) is 5.75 Å². The molecule has 40 heavy (non-hydrogen) atoms. The number of nitrogens with one attached hydrogen (secondary N) is 1. The van der Waals surface area contributed by atoms with Crippen LogP contribution in [-0.4, -0.2) is 86.3 Å². The van der Waals surface area contributed by atoms with Crippen LogP contribution in [0.2, 0.25) is 0 Å². The van der Waals surface area contributed by atoms with Crippen LogP contribution in [0.25, 0.3) is 16.9 Å². The number of aromatic nitrogens is 4. The number of rotatable bonds is 8. The van der Waals surface area contributed by atoms with Gasteiger partial charge in [0.25, 0.3) is 13.4 Å². The third-order valence-electron chi connectivity index (χ3n) is 6.14. The standard InChI is InChI=1S/C23H32N6O4S.Na.H3O4P/c1-5-8-20-24-16(4)21-23(30)25-22(26-29(20)21)18-15-17(9-10-19(18)33-7-3)34(31,32)28-13-11-27(6-2)12-14-28;;1-5(2,3)4/h9-10,15H,5-8,11-14H2,1-4H3,(H,25,26,30);;(H3,1,2,3,4)/q;+1;/p-1. The SMILES string of the molecule is CCCc1nc(C)c2c(=O)[nH]c(-c3cc(S(=O)(=O)N4CCN(CC)CC4)ccc3OCC)nn12.O=P([O-])(O)O.[Na+]. The molecule has 3 N–H and O–H groups in total. The van der Waals surface area contributed by atoms with Gasteiger partial charge in [-0.15, -0.1) is 5.10 Å². The van der Waals surface area contributed by atoms with Gasteiger partial charge in [-0.05, 0) is 45.0 Å². The Hall–Kier alpha value is -1.65. The van der Waals surface area contributed by atoms with Crippen LogP contribution >= 0.6 is 7.82 Å². The number of piperazine rings is 1. The van der Waals surface area contributed by atoms with E-state index in [2.05, 4.69) is 26.9 Å². The topological polar surface area (TPSA) is 193 Å². The molecule has 17 heteroatoms. The fourth-order valence-electron chi connectivity index (χ4n) is 4.31. The Balaban J connectivity index is 0.000000858. The van der Waals surface area contributed by atoms with E-state index < -0.39 is 17.8 Å². The van der Waals surface area contributed by atoms with Gasteiger partial charge in [-0.1, -0.05) is 13.8 Å². The third kappa shape index (κ3) is 8.44. The summed E-state index contributed by atoms with van der Waals surface area (Å²) in [6, 6.07) is 4.72. The Labute approximate surface area is 255 Å². The molecule has 216 valence electrons. The number of H-pyrrole nitrogens is 1. The molecule has 4 rings (SSSR count). The number of aromatic amines is 1. The molecule has 0 radical (unpaired) electrons. The van der Waals surface area contributed by atoms with Gasteiger partial charge >= 0.3 is 29.6 Å². The molecule has 2 aromatic heterocycles. The molecule has 0 amide bonds. The van der Waals surface area contributed by atoms with Gasteiger partial charge < -0.3 is 29.3 Å². The Morgan fingerprint density at radius 3 is 2.33 bits per heavy atom. The monoisotopic (exact) mass is 608 g/mol. The van der Waals surface area contributed by atoms with Crippen molar-refractivity contribution < 1.29 is 62.0 Å². The van der Waals surface area contributed by atoms with Gasteiger partial charge in [0.2, 0.25) is 10.0 Å². The predicted octanol–water partition coefficient (Wildman–Crippen LogP) is -2.49. The van der Waals surface area contributed by atoms with Crippen molar-refractivity contribution in [2.75, 3.05) is 39.3 Å². The summed E-state index contributed by atoms with van der Waals surface area (Å²) >= 11 is 0. The first kappa shape index (κ1) is 34.6. The van der Waals surface area contributed by atoms with Gasteiger partial charge in [0.05, 0.1) is 22.8 Å². The molecule has 14 nitrogen and oxygen atoms in total. The van der Waals surface area contributed by atoms with E-state index in [0.29, 0.717) is 67.6 Å². The van der Waals surface area contributed by atoms with Crippen LogP contribution in [0, 0.1) is 6.92 Å². The zero-order valence-corrected chi connectivity index (χ0v) is 27.0. The van der Waals surface area contributed by atoms with Crippen molar-refractivity contribution in [2.45, 2.75) is 45.4 Å². The van der Waals surface area contributed by atoms with Crippen molar-refractivity contribution in [2.24, 2.45) is 0 Å². The first-order valence-electron chi connectivity index (χ1n) is 12.5. The summed E-state index contributed by atoms with van der Waals surface area (Å²) in [4.78, 5) is 45.6. The molecule has 0 unspecified atom stereocenters. The molecular formula is C23H34N6NaO8PS. The minimum absolute atomic E-state index is 0. The molecular weight excluding hydrogens is 574 g/mol. The zero-order chi connectivity index (χ0) is 29.0. The number of hydrogen-bond acceptors (Lipinski definition) is 9. The van der Waals surface area contributed by atoms with Crippen LogP contribution in [0.15, 0.2) is 27.9 Å². The van der Waals surface area contributed by atoms with Crippen LogP contribution in [0.4, 0.5) is 0 Å². The van der Waals surface area contributed by atoms with Gasteiger partial charge in [-0.3, -0.25) is 9.36 Å². The van der Waals surface area contributed by atoms with Gasteiger partial charge in [0.1, 0.15) is 11.6 Å². The van der Waals surface area contributed by atoms with Crippen molar-refractivity contribution in [3.8, 4) is 17.1 Å². The fraction of sp³-hybridized carbons (Fsp3) is 0.522. The molecule has 1 saturated heterocycles. The number of phosphoric acid groups is 1. The largest absolute Gasteiger partial charge is 1.00 e. The van der Waals surface area contributed by atoms with Crippen LogP contribution in [0.3, 0.4) is 0 Å². The smallest absolute Gasteiger partial charge is 0.756 e. The summed E-state index contributed by atoms with van der Waals surface area (Å²) < 4.78 is 44.4. The van der Waals surface area contributed by atoms with Gasteiger partial charge in [-0.25, -0.2) is 17.9 Å². The molecule has 0 saturated carbocycles. The second-order valence-electron chi connectivity index (χ2n) is 8.85. The second kappa shape index (κ2) is 14.5. The van der Waals surface area contributed by atoms with Crippen molar-refractivity contribution >= 4 is 23.4 Å². The Morgan fingerprint density at radius 1 is 1.15 bits per heavy atom. The summed E-state index contributed by atoms with van der Waals surface area (Å²) in [7, 11) is -8.60. The summed E-state index contributed by atoms with van der Waals surface area (Å²) in [6.45, 7) is 11.3. The average molecular weight is 609 g/mol. The molecule has 3 aromatic rings. The maximum absolute atomic E-state index is 13.4. The first-order valence-corrected chi connectivity index (χ1v) is 15.5. The van der Waals surface area contributed by atoms with Crippen molar-refractivity contribution in [1.29, 1.82) is 0 Å². The van der Waals surface area contributed by atoms with E-state index >= 15 is 0 Å². The molecule has 1 aliphatic heterocycles. The molecule has 1 fully saturated rings. The third-order valence-corrected chi connectivity index (χ3v) is 8.03. The molecule has 0 bridgehead atoms. The maximum Gasteiger partial charge on any atom is 1.00 e. The number of ether oxygens (including phenoxy) is 1. The number of aryl methyl sites for hydroxylation is 2. The van der Waals surface area contributed by atoms with Crippen LogP contribution in [-0.2, 0) is 21.0 Å². The summed E-state index contributed by atoms with van der Waals surface area (Å²) in [5.74, 6) is 1.38.